The normalized spacial score (nSPS) is 16.2. The first kappa shape index (κ1) is 110. The maximum Gasteiger partial charge on any atom is 0.338 e. The molecule has 0 unspecified atom stereocenters. The number of halogens is 7. The van der Waals surface area contributed by atoms with E-state index in [9.17, 15) is 65.1 Å². The summed E-state index contributed by atoms with van der Waals surface area (Å²) in [5.41, 5.74) is 15.5. The number of carboxylic acid groups (broad SMARTS) is 1. The van der Waals surface area contributed by atoms with Crippen molar-refractivity contribution in [2.45, 2.75) is 202 Å². The zero-order valence-electron chi connectivity index (χ0n) is 78.7. The number of carboxylic acids is 1. The Hall–Kier alpha value is -11.8. The summed E-state index contributed by atoms with van der Waals surface area (Å²) in [5.74, 6) is -3.52. The van der Waals surface area contributed by atoms with Crippen molar-refractivity contribution in [3.63, 3.8) is 0 Å². The smallest absolute Gasteiger partial charge is 0.338 e. The van der Waals surface area contributed by atoms with E-state index in [1.165, 1.54) is 126 Å². The molecule has 18 rings (SSSR count). The second-order valence-electron chi connectivity index (χ2n) is 33.9. The van der Waals surface area contributed by atoms with Gasteiger partial charge >= 0.3 is 138 Å². The maximum absolute atomic E-state index is 14.8. The number of ether oxygens (including phenoxy) is 4. The van der Waals surface area contributed by atoms with Gasteiger partial charge in [0.25, 0.3) is 0 Å². The molecule has 0 aliphatic carbocycles. The minimum atomic E-state index is -2.24. The van der Waals surface area contributed by atoms with Crippen LogP contribution in [0.15, 0.2) is 179 Å². The molecule has 5 aliphatic rings. The van der Waals surface area contributed by atoms with Crippen molar-refractivity contribution >= 4 is 189 Å². The number of amides is 5. The minimum absolute atomic E-state index is 0. The van der Waals surface area contributed by atoms with Gasteiger partial charge in [0, 0.05) is 55.6 Å². The van der Waals surface area contributed by atoms with Gasteiger partial charge < -0.3 is 51.6 Å². The van der Waals surface area contributed by atoms with Gasteiger partial charge in [-0.2, -0.15) is 0 Å². The van der Waals surface area contributed by atoms with Crippen LogP contribution < -0.4 is 32.3 Å². The molecule has 141 heavy (non-hydrogen) atoms. The summed E-state index contributed by atoms with van der Waals surface area (Å²) < 4.78 is 104. The number of imidazole rings is 2. The Kier molecular flexibility index (Phi) is 40.2. The number of anilines is 1. The molecule has 5 aromatic heterocycles. The molecular formula is C105H116Br2F5N11O14S3Sn. The number of carbonyl (C=O) groups is 9. The monoisotopic (exact) mass is 2220 g/mol. The number of hydrogen-bond donors (Lipinski definition) is 7. The summed E-state index contributed by atoms with van der Waals surface area (Å²) >= 11 is 8.00. The van der Waals surface area contributed by atoms with Crippen LogP contribution in [0.3, 0.4) is 0 Å². The molecule has 5 atom stereocenters. The molecule has 746 valence electrons. The summed E-state index contributed by atoms with van der Waals surface area (Å²) in [5, 5.41) is 23.8. The molecule has 25 nitrogen and oxygen atoms in total. The Morgan fingerprint density at radius 2 is 0.816 bits per heavy atom. The number of unbranched alkanes of at least 4 members (excludes halogenated alkanes) is 3. The first-order valence-corrected chi connectivity index (χ1v) is 58.5. The number of aromatic carboxylic acids is 1. The number of esters is 2. The quantitative estimate of drug-likeness (QED) is 0.00572. The van der Waals surface area contributed by atoms with Crippen molar-refractivity contribution < 1.29 is 89.2 Å². The molecule has 0 bridgehead atoms. The number of fused-ring (bicyclic) bond motifs is 7. The van der Waals surface area contributed by atoms with Gasteiger partial charge in [0.1, 0.15) is 34.8 Å². The first-order valence-electron chi connectivity index (χ1n) is 46.7. The molecule has 0 spiro atoms. The Morgan fingerprint density at radius 1 is 0.454 bits per heavy atom. The van der Waals surface area contributed by atoms with Crippen LogP contribution in [-0.4, -0.2) is 132 Å². The van der Waals surface area contributed by atoms with Crippen LogP contribution >= 0.6 is 65.9 Å². The topological polar surface area (TPSA) is 344 Å². The summed E-state index contributed by atoms with van der Waals surface area (Å²) in [4.78, 5) is 116. The molecule has 10 heterocycles. The van der Waals surface area contributed by atoms with Gasteiger partial charge in [-0.3, -0.25) is 37.6 Å². The van der Waals surface area contributed by atoms with Crippen LogP contribution in [0, 0.1) is 29.1 Å². The number of aromatic nitrogens is 5. The number of ketones is 1. The zero-order chi connectivity index (χ0) is 101. The fourth-order valence-corrected chi connectivity index (χ4v) is 35.0. The Morgan fingerprint density at radius 3 is 1.18 bits per heavy atom. The number of nitrogens with zero attached hydrogens (tertiary/aromatic N) is 5. The third-order valence-corrected chi connectivity index (χ3v) is 43.3. The second-order valence-corrected chi connectivity index (χ2v) is 51.6. The third kappa shape index (κ3) is 28.4. The number of benzene rings is 8. The van der Waals surface area contributed by atoms with Crippen molar-refractivity contribution in [2.75, 3.05) is 37.5 Å². The van der Waals surface area contributed by atoms with E-state index >= 15 is 0 Å². The van der Waals surface area contributed by atoms with Crippen molar-refractivity contribution in [3.8, 4) is 22.5 Å². The molecular weight excluding hydrogens is 2110 g/mol. The molecule has 36 heteroatoms. The minimum Gasteiger partial charge on any atom is -0.478 e. The van der Waals surface area contributed by atoms with Crippen LogP contribution in [0.1, 0.15) is 264 Å². The molecule has 8 aromatic carbocycles. The molecule has 5 aliphatic heterocycles. The predicted molar refractivity (Wildman–Crippen MR) is 554 cm³/mol. The van der Waals surface area contributed by atoms with Crippen molar-refractivity contribution in [1.29, 1.82) is 0 Å². The van der Waals surface area contributed by atoms with E-state index in [1.54, 1.807) is 111 Å². The molecule has 0 radical (unpaired) electrons. The summed E-state index contributed by atoms with van der Waals surface area (Å²) in [7, 11) is 0. The van der Waals surface area contributed by atoms with Crippen LogP contribution in [0.5, 0.6) is 0 Å². The van der Waals surface area contributed by atoms with Crippen LogP contribution in [0.4, 0.5) is 27.1 Å². The average Bonchev–Trinajstić information content (AvgIpc) is 1.61. The van der Waals surface area contributed by atoms with E-state index in [4.69, 9.17) is 29.8 Å². The number of Topliss-reactive ketones (excluding diaryl/α,β-unsaturated/α-hetero) is 1. The van der Waals surface area contributed by atoms with E-state index in [2.05, 4.69) is 114 Å². The summed E-state index contributed by atoms with van der Waals surface area (Å²) in [6.45, 7) is 24.4. The fraction of sp³-hybridized carbons (Fsp3) is 0.352. The first-order chi connectivity index (χ1) is 67.3. The second kappa shape index (κ2) is 51.8. The maximum atomic E-state index is 14.8. The van der Waals surface area contributed by atoms with Crippen molar-refractivity contribution in [2.24, 2.45) is 0 Å². The Bertz CT molecular complexity index is 6720. The van der Waals surface area contributed by atoms with Gasteiger partial charge in [-0.25, -0.2) is 51.3 Å². The van der Waals surface area contributed by atoms with Gasteiger partial charge in [0.2, 0.25) is 29.5 Å². The number of hydrogen-bond acceptors (Lipinski definition) is 20. The van der Waals surface area contributed by atoms with Crippen molar-refractivity contribution in [3.05, 3.63) is 264 Å². The fourth-order valence-electron chi connectivity index (χ4n) is 16.9. The largest absolute Gasteiger partial charge is 0.478 e. The molecule has 5 saturated heterocycles. The molecule has 5 amide bonds. The van der Waals surface area contributed by atoms with Gasteiger partial charge in [-0.1, -0.05) is 94.3 Å². The number of carbonyl (C=O) groups excluding carboxylic acids is 8. The van der Waals surface area contributed by atoms with E-state index in [0.29, 0.717) is 148 Å². The van der Waals surface area contributed by atoms with Crippen LogP contribution in [-0.2, 0) is 42.9 Å². The zero-order valence-corrected chi connectivity index (χ0v) is 87.2. The molecule has 0 saturated carbocycles. The molecule has 8 N–H and O–H groups in total. The summed E-state index contributed by atoms with van der Waals surface area (Å²) in [6.07, 6.45) is 17.6. The standard InChI is InChI=1S/C22H18FN3O3S.C20H14FN3O3S.C14H16FNO2.C12H11BrFNO2.C10H9BrFNO.C10H10N2O2S.C4H7O.3C4H9.CH4.Sn/c1-2-29-21(28)13-4-7-18-19(10-13)30-22-25-17(11-26(18)22)14-5-3-12(9-15(14)23)16-6-8-20(27)24-16;21-13-7-10(14-4-6-18(25)22-14)1-3-12(13)15-9-24-16-5-2-11(19(26)27)8-17(16)28-20(24)23-15;1-3-18-9(2)11-5-4-10(8-12(11)15)13-6-7-14(17)16-13;13-6-11(16)8-2-1-7(5-9(8)14)10-3-4-12(17)15-10;11-7-2-1-6(5-8(7)12)9-3-4-10(14)13-9;1-2-14-9(13)6-3-4-7-8(5-6)15-10(11)12-7;1-3-5-4-2;3*1-3-4-2;;/h3-5,7,9-11,16H,2,6,8H2,1H3,(H,24,27);1-3,5,7-9,14H,4,6H2,(H,22,25)(H,26,27);4-5,8,13H,2-3,6-7H2,1H3,(H,16,17);1-2,5,10H,3-4,6H2,(H,15,17);1-2,5,9H,3-4H2,(H,13,14);3-5H,2H2,1H3,(H2,11,12);1,4H2,2H3;3*1,3-4H2,2H3;1H4;/t16-;14-;13-;10-;9-;;;;;;;/m11111......./s1. The van der Waals surface area contributed by atoms with Gasteiger partial charge in [0.15, 0.2) is 20.8 Å². The Balaban J connectivity index is 0.000000160. The average molecular weight is 2230 g/mol. The van der Waals surface area contributed by atoms with E-state index in [-0.39, 0.29) is 125 Å². The number of nitrogen functional groups attached to an aromatic ring is 1. The Labute approximate surface area is 848 Å². The predicted octanol–water partition coefficient (Wildman–Crippen LogP) is 24.8. The van der Waals surface area contributed by atoms with E-state index < -0.39 is 30.2 Å². The van der Waals surface area contributed by atoms with E-state index in [1.807, 2.05) is 40.0 Å². The van der Waals surface area contributed by atoms with Gasteiger partial charge in [-0.05, 0) is 212 Å². The number of thiazole rings is 3. The van der Waals surface area contributed by atoms with Gasteiger partial charge in [0.05, 0.1) is 130 Å². The van der Waals surface area contributed by atoms with Crippen molar-refractivity contribution in [1.82, 2.24) is 50.3 Å². The van der Waals surface area contributed by atoms with E-state index in [0.717, 1.165) is 65.9 Å². The molecule has 13 aromatic rings. The number of rotatable bonds is 29. The molecule has 5 fully saturated rings. The number of nitrogens with one attached hydrogen (secondary N) is 5. The number of alkyl halides is 1. The van der Waals surface area contributed by atoms with Crippen LogP contribution in [0.25, 0.3) is 68.8 Å². The number of nitrogens with two attached hydrogens (primary N) is 1. The summed E-state index contributed by atoms with van der Waals surface area (Å²) in [6, 6.07) is 39.2. The van der Waals surface area contributed by atoms with Gasteiger partial charge in [-0.15, -0.1) is 0 Å². The SMILES string of the molecule is C.C=C(OCC)c1ccc([C@H]2CCC(=O)N2)cc1F.C=[C](OCC)[Sn]([CH2]CCC)([CH2]CCC)[CH2]CCC.CCOC(=O)c1ccc2c(c1)sc1nc(-c3ccc([C@H]4CCC(=O)N4)cc3F)cn12.CCOC(=O)c1ccc2nc(N)sc2c1.O=C1CC[C@H](c2ccc(-c3cn4c(n3)sc3cc(C(=O)O)ccc34)c(F)c2)N1.O=C1CC[C@H](c2ccc(Br)c(F)c2)N1.O=C1CC[C@H](c2ccc(C(=O)CBr)c(F)c2)N1. The third-order valence-electron chi connectivity index (χ3n) is 24.3. The van der Waals surface area contributed by atoms with Crippen LogP contribution in [0.2, 0.25) is 13.3 Å².